The van der Waals surface area contributed by atoms with Crippen molar-refractivity contribution in [2.24, 2.45) is 28.6 Å². The summed E-state index contributed by atoms with van der Waals surface area (Å²) in [5, 5.41) is 0. The van der Waals surface area contributed by atoms with Crippen LogP contribution in [0.15, 0.2) is 0 Å². The summed E-state index contributed by atoms with van der Waals surface area (Å²) < 4.78 is 55.5. The number of carbonyl (C=O) groups excluding carboxylic acids is 1. The van der Waals surface area contributed by atoms with Gasteiger partial charge in [0, 0.05) is 25.6 Å². The molecule has 4 fully saturated rings. The smallest absolute Gasteiger partial charge is 0.381 e. The third-order valence-electron chi connectivity index (χ3n) is 8.82. The average Bonchev–Trinajstić information content (AvgIpc) is 3.32. The fourth-order valence-electron chi connectivity index (χ4n) is 7.48. The van der Waals surface area contributed by atoms with Gasteiger partial charge in [-0.25, -0.2) is 0 Å². The summed E-state index contributed by atoms with van der Waals surface area (Å²) in [5.41, 5.74) is -0.330. The molecule has 4 nitrogen and oxygen atoms in total. The molecular weight excluding hydrogens is 417 g/mol. The molecule has 0 aromatic heterocycles. The zero-order valence-electron chi connectivity index (χ0n) is 18.2. The van der Waals surface area contributed by atoms with Gasteiger partial charge in [0.15, 0.2) is 5.78 Å². The van der Waals surface area contributed by atoms with Crippen LogP contribution in [-0.4, -0.2) is 55.7 Å². The summed E-state index contributed by atoms with van der Waals surface area (Å²) in [6.45, 7) is 3.75. The number of halogens is 3. The van der Waals surface area contributed by atoms with Crippen molar-refractivity contribution < 1.29 is 32.2 Å². The van der Waals surface area contributed by atoms with Crippen LogP contribution >= 0.6 is 11.8 Å². The molecule has 0 N–H and O–H groups in total. The van der Waals surface area contributed by atoms with Gasteiger partial charge < -0.3 is 14.2 Å². The van der Waals surface area contributed by atoms with Gasteiger partial charge in [0.1, 0.15) is 6.79 Å². The van der Waals surface area contributed by atoms with Gasteiger partial charge in [0.2, 0.25) is 0 Å². The van der Waals surface area contributed by atoms with Crippen molar-refractivity contribution in [1.29, 1.82) is 0 Å². The molecule has 0 saturated heterocycles. The van der Waals surface area contributed by atoms with Gasteiger partial charge in [-0.05, 0) is 62.7 Å². The van der Waals surface area contributed by atoms with Gasteiger partial charge in [0.05, 0.1) is 22.7 Å². The van der Waals surface area contributed by atoms with E-state index in [1.807, 2.05) is 6.92 Å². The monoisotopic (exact) mass is 450 g/mol. The predicted molar refractivity (Wildman–Crippen MR) is 108 cm³/mol. The third kappa shape index (κ3) is 3.35. The minimum absolute atomic E-state index is 0.0570. The van der Waals surface area contributed by atoms with Crippen molar-refractivity contribution in [3.63, 3.8) is 0 Å². The normalized spacial score (nSPS) is 48.0. The Hall–Kier alpha value is -0.310. The maximum atomic E-state index is 13.8. The first-order chi connectivity index (χ1) is 14.0. The third-order valence-corrected chi connectivity index (χ3v) is 10.3. The number of rotatable bonds is 6. The van der Waals surface area contributed by atoms with E-state index in [-0.39, 0.29) is 47.4 Å². The molecular formula is C22H33F3O4S. The Morgan fingerprint density at radius 1 is 1.17 bits per heavy atom. The minimum atomic E-state index is -4.31. The number of thioether (sulfide) groups is 1. The summed E-state index contributed by atoms with van der Waals surface area (Å²) in [4.78, 5) is 13.8. The Morgan fingerprint density at radius 2 is 1.87 bits per heavy atom. The lowest BCUT2D eigenvalue weighted by Gasteiger charge is -2.55. The van der Waals surface area contributed by atoms with Crippen LogP contribution < -0.4 is 0 Å². The first kappa shape index (κ1) is 22.9. The summed E-state index contributed by atoms with van der Waals surface area (Å²) in [7, 11) is 3.29. The molecule has 1 spiro atoms. The quantitative estimate of drug-likeness (QED) is 0.542. The second-order valence-corrected chi connectivity index (χ2v) is 11.5. The van der Waals surface area contributed by atoms with Crippen LogP contribution in [0.3, 0.4) is 0 Å². The van der Waals surface area contributed by atoms with Crippen LogP contribution in [0.2, 0.25) is 0 Å². The molecule has 0 heterocycles. The standard InChI is InChI=1S/C22H33F3O4S/c1-13-18(26)19(2,30-11-22(23,24)25)10-16(29-12-27-3)21-9-14(21)5-7-20(13)8-6-15(28-4)17(20)21/h13-17H,5-12H2,1-4H3/t13-,14-,15+,16+,17?,19+,20?,21-/m0/s1. The van der Waals surface area contributed by atoms with E-state index in [1.165, 1.54) is 0 Å². The maximum Gasteiger partial charge on any atom is 0.397 e. The Morgan fingerprint density at radius 3 is 2.50 bits per heavy atom. The number of carbonyl (C=O) groups is 1. The van der Waals surface area contributed by atoms with Crippen LogP contribution in [0.1, 0.15) is 52.4 Å². The topological polar surface area (TPSA) is 44.8 Å². The molecule has 8 heteroatoms. The van der Waals surface area contributed by atoms with Crippen LogP contribution in [0.5, 0.6) is 0 Å². The van der Waals surface area contributed by atoms with Crippen molar-refractivity contribution in [3.8, 4) is 0 Å². The number of ketones is 1. The molecule has 0 aliphatic heterocycles. The van der Waals surface area contributed by atoms with Gasteiger partial charge >= 0.3 is 6.18 Å². The molecule has 172 valence electrons. The Balaban J connectivity index is 1.77. The highest BCUT2D eigenvalue weighted by atomic mass is 32.2. The number of hydrogen-bond acceptors (Lipinski definition) is 5. The van der Waals surface area contributed by atoms with E-state index in [0.717, 1.165) is 43.9 Å². The van der Waals surface area contributed by atoms with Gasteiger partial charge in [-0.15, -0.1) is 11.8 Å². The van der Waals surface area contributed by atoms with Crippen molar-refractivity contribution in [3.05, 3.63) is 0 Å². The van der Waals surface area contributed by atoms with Gasteiger partial charge in [-0.3, -0.25) is 4.79 Å². The lowest BCUT2D eigenvalue weighted by atomic mass is 9.52. The summed E-state index contributed by atoms with van der Waals surface area (Å²) in [5.74, 6) is -0.655. The van der Waals surface area contributed by atoms with Crippen LogP contribution in [-0.2, 0) is 19.0 Å². The van der Waals surface area contributed by atoms with Crippen molar-refractivity contribution in [2.45, 2.75) is 75.5 Å². The maximum absolute atomic E-state index is 13.8. The van der Waals surface area contributed by atoms with E-state index in [1.54, 1.807) is 21.1 Å². The fraction of sp³-hybridized carbons (Fsp3) is 0.955. The van der Waals surface area contributed by atoms with Crippen molar-refractivity contribution in [2.75, 3.05) is 26.8 Å². The zero-order chi connectivity index (χ0) is 21.9. The van der Waals surface area contributed by atoms with Crippen molar-refractivity contribution >= 4 is 17.5 Å². The molecule has 8 atom stereocenters. The SMILES string of the molecule is COCO[C@@H]1C[C@@](C)(SCC(F)(F)F)C(=O)[C@H](C)C23CC[C@H]4C[C@]41C2[C@H](OC)CC3. The highest BCUT2D eigenvalue weighted by Crippen LogP contribution is 2.78. The van der Waals surface area contributed by atoms with E-state index in [4.69, 9.17) is 14.2 Å². The first-order valence-electron chi connectivity index (χ1n) is 10.9. The van der Waals surface area contributed by atoms with Crippen LogP contribution in [0.4, 0.5) is 13.2 Å². The zero-order valence-corrected chi connectivity index (χ0v) is 19.0. The number of hydrogen-bond donors (Lipinski definition) is 0. The highest BCUT2D eigenvalue weighted by Gasteiger charge is 2.76. The first-order valence-corrected chi connectivity index (χ1v) is 11.9. The molecule has 30 heavy (non-hydrogen) atoms. The molecule has 2 bridgehead atoms. The van der Waals surface area contributed by atoms with E-state index in [2.05, 4.69) is 0 Å². The molecule has 0 aromatic rings. The molecule has 0 radical (unpaired) electrons. The predicted octanol–water partition coefficient (Wildman–Crippen LogP) is 4.85. The van der Waals surface area contributed by atoms with Crippen LogP contribution in [0, 0.1) is 28.6 Å². The van der Waals surface area contributed by atoms with Gasteiger partial charge in [0.25, 0.3) is 0 Å². The molecule has 4 rings (SSSR count). The Kier molecular flexibility index (Phi) is 5.82. The van der Waals surface area contributed by atoms with E-state index in [9.17, 15) is 18.0 Å². The molecule has 4 aliphatic rings. The number of ether oxygens (including phenoxy) is 3. The Labute approximate surface area is 181 Å². The molecule has 4 saturated carbocycles. The fourth-order valence-corrected chi connectivity index (χ4v) is 8.55. The van der Waals surface area contributed by atoms with Crippen LogP contribution in [0.25, 0.3) is 0 Å². The molecule has 4 aliphatic carbocycles. The number of alkyl halides is 3. The largest absolute Gasteiger partial charge is 0.397 e. The van der Waals surface area contributed by atoms with Gasteiger partial charge in [-0.1, -0.05) is 6.92 Å². The molecule has 2 unspecified atom stereocenters. The Bertz CT molecular complexity index is 688. The second-order valence-electron chi connectivity index (χ2n) is 10.1. The second kappa shape index (κ2) is 7.63. The van der Waals surface area contributed by atoms with E-state index in [0.29, 0.717) is 12.3 Å². The summed E-state index contributed by atoms with van der Waals surface area (Å²) in [6.07, 6.45) is 0.571. The summed E-state index contributed by atoms with van der Waals surface area (Å²) >= 11 is 0.745. The number of Topliss-reactive ketones (excluding diaryl/α,β-unsaturated/α-hetero) is 1. The molecule has 0 aromatic carbocycles. The molecule has 0 amide bonds. The lowest BCUT2D eigenvalue weighted by molar-refractivity contribution is -0.171. The van der Waals surface area contributed by atoms with E-state index < -0.39 is 16.7 Å². The highest BCUT2D eigenvalue weighted by molar-refractivity contribution is 8.01. The van der Waals surface area contributed by atoms with E-state index >= 15 is 0 Å². The average molecular weight is 451 g/mol. The summed E-state index contributed by atoms with van der Waals surface area (Å²) in [6, 6.07) is 0. The number of methoxy groups -OCH3 is 2. The minimum Gasteiger partial charge on any atom is -0.381 e. The van der Waals surface area contributed by atoms with Crippen molar-refractivity contribution in [1.82, 2.24) is 0 Å². The van der Waals surface area contributed by atoms with Gasteiger partial charge in [-0.2, -0.15) is 13.2 Å². The lowest BCUT2D eigenvalue weighted by Crippen LogP contribution is -2.58.